The molecule has 0 aliphatic carbocycles. The topological polar surface area (TPSA) is 94.0 Å². The quantitative estimate of drug-likeness (QED) is 0.319. The Kier molecular flexibility index (Phi) is 9.04. The largest absolute Gasteiger partial charge is 0.384 e. The molecule has 0 aromatic heterocycles. The monoisotopic (exact) mass is 384 g/mol. The molecule has 1 atom stereocenters. The Hall–Kier alpha value is -1.64. The fourth-order valence-electron chi connectivity index (χ4n) is 2.48. The van der Waals surface area contributed by atoms with Crippen LogP contribution in [0.15, 0.2) is 35.3 Å². The number of aliphatic hydroxyl groups is 1. The first-order valence-corrected chi connectivity index (χ1v) is 10.8. The standard InChI is InChI=1S/C18H32N4O3S/c1-5-19-17(20-13-10-14-22(6-2)26(4,24)25)21-15-18(3,23)16-11-8-7-9-12-16/h7-9,11-12,23H,5-6,10,13-15H2,1-4H3,(H2,19,20,21). The summed E-state index contributed by atoms with van der Waals surface area (Å²) in [7, 11) is -3.16. The molecule has 1 rings (SSSR count). The summed E-state index contributed by atoms with van der Waals surface area (Å²) in [5.74, 6) is 0.603. The molecule has 0 saturated heterocycles. The predicted molar refractivity (Wildman–Crippen MR) is 107 cm³/mol. The van der Waals surface area contributed by atoms with E-state index >= 15 is 0 Å². The zero-order valence-electron chi connectivity index (χ0n) is 16.2. The van der Waals surface area contributed by atoms with Gasteiger partial charge in [0.15, 0.2) is 5.96 Å². The van der Waals surface area contributed by atoms with Gasteiger partial charge in [-0.15, -0.1) is 0 Å². The van der Waals surface area contributed by atoms with Crippen LogP contribution >= 0.6 is 0 Å². The highest BCUT2D eigenvalue weighted by atomic mass is 32.2. The summed E-state index contributed by atoms with van der Waals surface area (Å²) in [4.78, 5) is 4.46. The van der Waals surface area contributed by atoms with Gasteiger partial charge in [0, 0.05) is 26.2 Å². The minimum Gasteiger partial charge on any atom is -0.384 e. The van der Waals surface area contributed by atoms with Crippen LogP contribution in [-0.4, -0.2) is 62.8 Å². The van der Waals surface area contributed by atoms with Gasteiger partial charge in [-0.05, 0) is 25.8 Å². The lowest BCUT2D eigenvalue weighted by Crippen LogP contribution is -2.40. The third-order valence-corrected chi connectivity index (χ3v) is 5.36. The second kappa shape index (κ2) is 10.5. The molecule has 0 spiro atoms. The van der Waals surface area contributed by atoms with E-state index in [1.165, 1.54) is 10.6 Å². The number of benzene rings is 1. The van der Waals surface area contributed by atoms with Crippen molar-refractivity contribution in [2.45, 2.75) is 32.8 Å². The van der Waals surface area contributed by atoms with Crippen molar-refractivity contribution in [3.63, 3.8) is 0 Å². The Bertz CT molecular complexity index is 660. The first kappa shape index (κ1) is 22.4. The molecule has 148 valence electrons. The van der Waals surface area contributed by atoms with E-state index in [0.717, 1.165) is 5.56 Å². The molecule has 7 nitrogen and oxygen atoms in total. The molecule has 0 saturated carbocycles. The van der Waals surface area contributed by atoms with E-state index in [1.54, 1.807) is 6.92 Å². The lowest BCUT2D eigenvalue weighted by molar-refractivity contribution is 0.0672. The minimum absolute atomic E-state index is 0.219. The number of nitrogens with one attached hydrogen (secondary N) is 2. The van der Waals surface area contributed by atoms with Gasteiger partial charge < -0.3 is 15.7 Å². The van der Waals surface area contributed by atoms with E-state index in [-0.39, 0.29) is 6.54 Å². The lowest BCUT2D eigenvalue weighted by atomic mass is 9.96. The van der Waals surface area contributed by atoms with Crippen molar-refractivity contribution in [1.29, 1.82) is 0 Å². The molecule has 0 heterocycles. The van der Waals surface area contributed by atoms with Crippen LogP contribution < -0.4 is 10.6 Å². The summed E-state index contributed by atoms with van der Waals surface area (Å²) in [6, 6.07) is 9.43. The molecule has 1 unspecified atom stereocenters. The first-order valence-electron chi connectivity index (χ1n) is 8.96. The van der Waals surface area contributed by atoms with Gasteiger partial charge in [-0.2, -0.15) is 0 Å². The number of aliphatic imine (C=N–C) groups is 1. The Morgan fingerprint density at radius 1 is 1.23 bits per heavy atom. The zero-order valence-corrected chi connectivity index (χ0v) is 17.0. The molecule has 0 bridgehead atoms. The first-order chi connectivity index (χ1) is 12.2. The fourth-order valence-corrected chi connectivity index (χ4v) is 3.41. The fraction of sp³-hybridized carbons (Fsp3) is 0.611. The summed E-state index contributed by atoms with van der Waals surface area (Å²) in [6.45, 7) is 7.96. The van der Waals surface area contributed by atoms with Crippen molar-refractivity contribution < 1.29 is 13.5 Å². The molecular formula is C18H32N4O3S. The number of hydrogen-bond acceptors (Lipinski definition) is 4. The Morgan fingerprint density at radius 3 is 2.42 bits per heavy atom. The van der Waals surface area contributed by atoms with E-state index in [4.69, 9.17) is 0 Å². The van der Waals surface area contributed by atoms with E-state index in [2.05, 4.69) is 15.6 Å². The molecule has 26 heavy (non-hydrogen) atoms. The third kappa shape index (κ3) is 7.72. The Labute approximate surface area is 157 Å². The second-order valence-corrected chi connectivity index (χ2v) is 8.35. The molecule has 0 radical (unpaired) electrons. The van der Waals surface area contributed by atoms with Gasteiger partial charge in [0.25, 0.3) is 0 Å². The maximum Gasteiger partial charge on any atom is 0.211 e. The minimum atomic E-state index is -3.16. The van der Waals surface area contributed by atoms with Crippen LogP contribution in [0.3, 0.4) is 0 Å². The van der Waals surface area contributed by atoms with Gasteiger partial charge in [0.2, 0.25) is 10.0 Å². The van der Waals surface area contributed by atoms with Gasteiger partial charge in [-0.1, -0.05) is 37.3 Å². The second-order valence-electron chi connectivity index (χ2n) is 6.37. The molecular weight excluding hydrogens is 352 g/mol. The highest BCUT2D eigenvalue weighted by molar-refractivity contribution is 7.88. The van der Waals surface area contributed by atoms with Crippen LogP contribution in [0.5, 0.6) is 0 Å². The summed E-state index contributed by atoms with van der Waals surface area (Å²) in [5, 5.41) is 16.9. The highest BCUT2D eigenvalue weighted by Gasteiger charge is 2.22. The van der Waals surface area contributed by atoms with Crippen molar-refractivity contribution in [2.24, 2.45) is 4.99 Å². The van der Waals surface area contributed by atoms with Crippen LogP contribution in [0.25, 0.3) is 0 Å². The molecule has 0 aliphatic rings. The molecule has 1 aromatic rings. The number of rotatable bonds is 10. The van der Waals surface area contributed by atoms with Crippen LogP contribution in [0.1, 0.15) is 32.8 Å². The van der Waals surface area contributed by atoms with Crippen molar-refractivity contribution in [3.05, 3.63) is 35.9 Å². The normalized spacial score (nSPS) is 14.9. The van der Waals surface area contributed by atoms with Crippen LogP contribution in [0.4, 0.5) is 0 Å². The summed E-state index contributed by atoms with van der Waals surface area (Å²) < 4.78 is 24.6. The van der Waals surface area contributed by atoms with Crippen molar-refractivity contribution in [2.75, 3.05) is 39.0 Å². The molecule has 0 aliphatic heterocycles. The van der Waals surface area contributed by atoms with Crippen molar-refractivity contribution in [3.8, 4) is 0 Å². The van der Waals surface area contributed by atoms with E-state index in [0.29, 0.717) is 38.6 Å². The Morgan fingerprint density at radius 2 is 1.88 bits per heavy atom. The van der Waals surface area contributed by atoms with Gasteiger partial charge >= 0.3 is 0 Å². The van der Waals surface area contributed by atoms with Crippen LogP contribution in [0, 0.1) is 0 Å². The van der Waals surface area contributed by atoms with Gasteiger partial charge in [0.05, 0.1) is 12.8 Å². The van der Waals surface area contributed by atoms with Gasteiger partial charge in [0.1, 0.15) is 5.60 Å². The van der Waals surface area contributed by atoms with E-state index < -0.39 is 15.6 Å². The smallest absolute Gasteiger partial charge is 0.211 e. The van der Waals surface area contributed by atoms with E-state index in [9.17, 15) is 13.5 Å². The molecule has 3 N–H and O–H groups in total. The maximum absolute atomic E-state index is 11.6. The van der Waals surface area contributed by atoms with Gasteiger partial charge in [-0.3, -0.25) is 0 Å². The highest BCUT2D eigenvalue weighted by Crippen LogP contribution is 2.20. The summed E-state index contributed by atoms with van der Waals surface area (Å²) in [6.07, 6.45) is 1.89. The average Bonchev–Trinajstić information content (AvgIpc) is 2.59. The number of guanidine groups is 1. The number of sulfonamides is 1. The van der Waals surface area contributed by atoms with Crippen LogP contribution in [0.2, 0.25) is 0 Å². The predicted octanol–water partition coefficient (Wildman–Crippen LogP) is 1.12. The SMILES string of the molecule is CCNC(=NCC(C)(O)c1ccccc1)NCCCN(CC)S(C)(=O)=O. The molecule has 0 amide bonds. The molecule has 8 heteroatoms. The van der Waals surface area contributed by atoms with E-state index in [1.807, 2.05) is 44.2 Å². The average molecular weight is 385 g/mol. The Balaban J connectivity index is 2.58. The van der Waals surface area contributed by atoms with Crippen LogP contribution in [-0.2, 0) is 15.6 Å². The van der Waals surface area contributed by atoms with Gasteiger partial charge in [-0.25, -0.2) is 17.7 Å². The molecule has 0 fully saturated rings. The molecule has 1 aromatic carbocycles. The van der Waals surface area contributed by atoms with Crippen molar-refractivity contribution >= 4 is 16.0 Å². The summed E-state index contributed by atoms with van der Waals surface area (Å²) >= 11 is 0. The van der Waals surface area contributed by atoms with Crippen molar-refractivity contribution in [1.82, 2.24) is 14.9 Å². The third-order valence-electron chi connectivity index (χ3n) is 3.98. The number of hydrogen-bond donors (Lipinski definition) is 3. The lowest BCUT2D eigenvalue weighted by Gasteiger charge is -2.22. The maximum atomic E-state index is 11.6. The summed E-state index contributed by atoms with van der Waals surface area (Å²) in [5.41, 5.74) is -0.245. The zero-order chi connectivity index (χ0) is 19.6. The number of nitrogens with zero attached hydrogens (tertiary/aromatic N) is 2.